The summed E-state index contributed by atoms with van der Waals surface area (Å²) in [7, 11) is 0. The number of amidine groups is 1. The molecule has 0 aromatic carbocycles. The number of thioether (sulfide) groups is 1. The van der Waals surface area contributed by atoms with Gasteiger partial charge < -0.3 is 5.32 Å². The van der Waals surface area contributed by atoms with Crippen molar-refractivity contribution in [1.29, 1.82) is 0 Å². The van der Waals surface area contributed by atoms with Crippen LogP contribution >= 0.6 is 11.8 Å². The fraction of sp³-hybridized carbons (Fsp3) is 0.917. The third-order valence-electron chi connectivity index (χ3n) is 3.21. The zero-order valence-corrected chi connectivity index (χ0v) is 11.7. The molecule has 0 radical (unpaired) electrons. The van der Waals surface area contributed by atoms with Gasteiger partial charge in [-0.3, -0.25) is 4.99 Å². The highest BCUT2D eigenvalue weighted by atomic mass is 32.2. The minimum atomic E-state index is 0.214. The molecule has 0 unspecified atom stereocenters. The van der Waals surface area contributed by atoms with E-state index in [9.17, 15) is 0 Å². The Morgan fingerprint density at radius 3 is 2.47 bits per heavy atom. The van der Waals surface area contributed by atoms with E-state index in [0.717, 1.165) is 17.5 Å². The van der Waals surface area contributed by atoms with Gasteiger partial charge in [0.05, 0.1) is 0 Å². The van der Waals surface area contributed by atoms with Crippen LogP contribution in [0, 0.1) is 11.3 Å². The molecule has 0 aromatic rings. The zero-order valence-electron chi connectivity index (χ0n) is 10.8. The van der Waals surface area contributed by atoms with Crippen molar-refractivity contribution >= 4 is 16.9 Å². The number of nitrogens with one attached hydrogen (secondary N) is 1. The molecule has 2 nitrogen and oxygen atoms in total. The van der Waals surface area contributed by atoms with E-state index in [0.29, 0.717) is 11.3 Å². The van der Waals surface area contributed by atoms with Gasteiger partial charge in [-0.25, -0.2) is 0 Å². The quantitative estimate of drug-likeness (QED) is 0.802. The number of hydrogen-bond acceptors (Lipinski definition) is 2. The Bertz CT molecular complexity index is 254. The van der Waals surface area contributed by atoms with Crippen LogP contribution in [-0.2, 0) is 0 Å². The molecule has 1 rings (SSSR count). The van der Waals surface area contributed by atoms with Gasteiger partial charge in [-0.05, 0) is 25.2 Å². The van der Waals surface area contributed by atoms with Gasteiger partial charge in [0.2, 0.25) is 0 Å². The first-order valence-electron chi connectivity index (χ1n) is 5.68. The van der Waals surface area contributed by atoms with Crippen LogP contribution in [0.25, 0.3) is 0 Å². The van der Waals surface area contributed by atoms with E-state index in [1.165, 1.54) is 0 Å². The summed E-state index contributed by atoms with van der Waals surface area (Å²) >= 11 is 1.84. The van der Waals surface area contributed by atoms with Gasteiger partial charge in [0.25, 0.3) is 0 Å². The molecule has 0 saturated carbocycles. The Morgan fingerprint density at radius 2 is 2.07 bits per heavy atom. The van der Waals surface area contributed by atoms with E-state index in [2.05, 4.69) is 51.9 Å². The van der Waals surface area contributed by atoms with Crippen molar-refractivity contribution in [3.8, 4) is 0 Å². The Morgan fingerprint density at radius 1 is 1.47 bits per heavy atom. The van der Waals surface area contributed by atoms with Crippen LogP contribution < -0.4 is 5.32 Å². The van der Waals surface area contributed by atoms with Gasteiger partial charge in [-0.15, -0.1) is 0 Å². The summed E-state index contributed by atoms with van der Waals surface area (Å²) in [5.74, 6) is 1.79. The van der Waals surface area contributed by atoms with E-state index in [4.69, 9.17) is 0 Å². The summed E-state index contributed by atoms with van der Waals surface area (Å²) in [5.41, 5.74) is 0.507. The molecule has 0 bridgehead atoms. The first kappa shape index (κ1) is 12.9. The highest BCUT2D eigenvalue weighted by molar-refractivity contribution is 8.14. The zero-order chi connectivity index (χ0) is 11.7. The lowest BCUT2D eigenvalue weighted by molar-refractivity contribution is 0.262. The molecular weight excluding hydrogens is 204 g/mol. The molecule has 1 aliphatic rings. The number of aliphatic imine (C=N–C) groups is 1. The Labute approximate surface area is 98.3 Å². The molecule has 1 heterocycles. The SMILES string of the molecule is CC(C)C(C)(C)CN=C1NC(C)(C)CS1. The molecule has 0 aromatic heterocycles. The summed E-state index contributed by atoms with van der Waals surface area (Å²) < 4.78 is 0. The van der Waals surface area contributed by atoms with Gasteiger partial charge >= 0.3 is 0 Å². The lowest BCUT2D eigenvalue weighted by Crippen LogP contribution is -2.37. The average molecular weight is 228 g/mol. The molecule has 1 N–H and O–H groups in total. The van der Waals surface area contributed by atoms with Gasteiger partial charge in [0, 0.05) is 17.8 Å². The molecule has 1 saturated heterocycles. The second kappa shape index (κ2) is 4.36. The van der Waals surface area contributed by atoms with Crippen molar-refractivity contribution in [2.75, 3.05) is 12.3 Å². The number of hydrogen-bond donors (Lipinski definition) is 1. The van der Waals surface area contributed by atoms with Crippen molar-refractivity contribution < 1.29 is 0 Å². The molecule has 1 fully saturated rings. The largest absolute Gasteiger partial charge is 0.359 e. The van der Waals surface area contributed by atoms with Crippen molar-refractivity contribution in [2.24, 2.45) is 16.3 Å². The number of nitrogens with zero attached hydrogens (tertiary/aromatic N) is 1. The molecule has 0 atom stereocenters. The van der Waals surface area contributed by atoms with Crippen LogP contribution in [-0.4, -0.2) is 23.0 Å². The van der Waals surface area contributed by atoms with Crippen molar-refractivity contribution in [1.82, 2.24) is 5.32 Å². The smallest absolute Gasteiger partial charge is 0.157 e. The minimum Gasteiger partial charge on any atom is -0.359 e. The molecule has 15 heavy (non-hydrogen) atoms. The predicted octanol–water partition coefficient (Wildman–Crippen LogP) is 3.14. The van der Waals surface area contributed by atoms with Gasteiger partial charge in [-0.1, -0.05) is 39.5 Å². The van der Waals surface area contributed by atoms with Gasteiger partial charge in [-0.2, -0.15) is 0 Å². The Balaban J connectivity index is 2.53. The van der Waals surface area contributed by atoms with E-state index >= 15 is 0 Å². The van der Waals surface area contributed by atoms with Crippen molar-refractivity contribution in [3.05, 3.63) is 0 Å². The van der Waals surface area contributed by atoms with Crippen LogP contribution in [0.1, 0.15) is 41.5 Å². The number of rotatable bonds is 3. The van der Waals surface area contributed by atoms with Crippen molar-refractivity contribution in [3.63, 3.8) is 0 Å². The lowest BCUT2D eigenvalue weighted by atomic mass is 9.81. The normalized spacial score (nSPS) is 23.5. The lowest BCUT2D eigenvalue weighted by Gasteiger charge is -2.27. The standard InChI is InChI=1S/C12H24N2S/c1-9(2)11(3,4)7-13-10-14-12(5,6)8-15-10/h9H,7-8H2,1-6H3,(H,13,14). The first-order valence-corrected chi connectivity index (χ1v) is 6.67. The van der Waals surface area contributed by atoms with Crippen LogP contribution in [0.3, 0.4) is 0 Å². The maximum atomic E-state index is 4.68. The van der Waals surface area contributed by atoms with Crippen LogP contribution in [0.4, 0.5) is 0 Å². The molecule has 3 heteroatoms. The first-order chi connectivity index (χ1) is 6.73. The fourth-order valence-corrected chi connectivity index (χ4v) is 2.23. The fourth-order valence-electron chi connectivity index (χ4n) is 1.15. The second-order valence-electron chi connectivity index (χ2n) is 6.06. The maximum Gasteiger partial charge on any atom is 0.157 e. The molecule has 0 spiro atoms. The summed E-state index contributed by atoms with van der Waals surface area (Å²) in [6.45, 7) is 14.4. The predicted molar refractivity (Wildman–Crippen MR) is 70.6 cm³/mol. The summed E-state index contributed by atoms with van der Waals surface area (Å²) in [5, 5.41) is 4.57. The van der Waals surface area contributed by atoms with Gasteiger partial charge in [0.1, 0.15) is 0 Å². The Kier molecular flexibility index (Phi) is 3.75. The highest BCUT2D eigenvalue weighted by Gasteiger charge is 2.28. The molecule has 88 valence electrons. The summed E-state index contributed by atoms with van der Waals surface area (Å²) in [4.78, 5) is 4.68. The van der Waals surface area contributed by atoms with E-state index in [-0.39, 0.29) is 5.54 Å². The van der Waals surface area contributed by atoms with E-state index < -0.39 is 0 Å². The van der Waals surface area contributed by atoms with Crippen LogP contribution in [0.2, 0.25) is 0 Å². The van der Waals surface area contributed by atoms with Crippen LogP contribution in [0.5, 0.6) is 0 Å². The minimum absolute atomic E-state index is 0.214. The topological polar surface area (TPSA) is 24.4 Å². The summed E-state index contributed by atoms with van der Waals surface area (Å²) in [6, 6.07) is 0. The molecule has 0 aliphatic carbocycles. The monoisotopic (exact) mass is 228 g/mol. The average Bonchev–Trinajstić information content (AvgIpc) is 2.42. The Hall–Kier alpha value is -0.180. The van der Waals surface area contributed by atoms with Crippen LogP contribution in [0.15, 0.2) is 4.99 Å². The maximum absolute atomic E-state index is 4.68. The molecule has 1 aliphatic heterocycles. The molecule has 0 amide bonds. The summed E-state index contributed by atoms with van der Waals surface area (Å²) in [6.07, 6.45) is 0. The van der Waals surface area contributed by atoms with Gasteiger partial charge in [0.15, 0.2) is 5.17 Å². The van der Waals surface area contributed by atoms with E-state index in [1.54, 1.807) is 0 Å². The second-order valence-corrected chi connectivity index (χ2v) is 7.03. The van der Waals surface area contributed by atoms with E-state index in [1.807, 2.05) is 11.8 Å². The molecular formula is C12H24N2S. The third-order valence-corrected chi connectivity index (χ3v) is 4.58. The third kappa shape index (κ3) is 3.71. The van der Waals surface area contributed by atoms with Crippen molar-refractivity contribution in [2.45, 2.75) is 47.1 Å². The highest BCUT2D eigenvalue weighted by Crippen LogP contribution is 2.28.